The summed E-state index contributed by atoms with van der Waals surface area (Å²) in [5, 5.41) is 6.58. The molecule has 0 spiro atoms. The third kappa shape index (κ3) is 7.52. The molecular weight excluding hydrogens is 284 g/mol. The summed E-state index contributed by atoms with van der Waals surface area (Å²) >= 11 is 0. The smallest absolute Gasteiger partial charge is 0.443 e. The van der Waals surface area contributed by atoms with Gasteiger partial charge < -0.3 is 9.47 Å². The van der Waals surface area contributed by atoms with Crippen LogP contribution in [0.1, 0.15) is 55.4 Å². The van der Waals surface area contributed by atoms with Crippen molar-refractivity contribution in [2.75, 3.05) is 0 Å². The topological polar surface area (TPSA) is 77.3 Å². The van der Waals surface area contributed by atoms with Crippen LogP contribution in [0.5, 0.6) is 0 Å². The maximum atomic E-state index is 11.6. The van der Waals surface area contributed by atoms with E-state index < -0.39 is 12.2 Å². The van der Waals surface area contributed by atoms with Crippen LogP contribution in [-0.2, 0) is 9.47 Å². The summed E-state index contributed by atoms with van der Waals surface area (Å²) in [7, 11) is 0. The Morgan fingerprint density at radius 2 is 0.818 bits per heavy atom. The minimum absolute atomic E-state index is 0.164. The van der Waals surface area contributed by atoms with Crippen molar-refractivity contribution < 1.29 is 19.1 Å². The highest BCUT2D eigenvalue weighted by Gasteiger charge is 2.23. The maximum absolute atomic E-state index is 11.6. The minimum Gasteiger partial charge on any atom is -0.443 e. The van der Waals surface area contributed by atoms with Gasteiger partial charge in [-0.3, -0.25) is 0 Å². The molecule has 0 rings (SSSR count). The molecule has 0 aromatic heterocycles. The standard InChI is InChI=1S/C16H30N2O4/c1-9(2)13(10(3)4)21-15(19)17-18-16(20)22-14(11(5)6)12(7)8/h9-14H,1-8H3/b18-17+. The number of azo groups is 1. The van der Waals surface area contributed by atoms with Crippen LogP contribution in [0.3, 0.4) is 0 Å². The van der Waals surface area contributed by atoms with Crippen molar-refractivity contribution in [1.29, 1.82) is 0 Å². The van der Waals surface area contributed by atoms with E-state index in [1.54, 1.807) is 0 Å². The van der Waals surface area contributed by atoms with Crippen LogP contribution in [-0.4, -0.2) is 24.4 Å². The summed E-state index contributed by atoms with van der Waals surface area (Å²) in [6.45, 7) is 15.7. The molecule has 2 amide bonds. The number of amides is 2. The summed E-state index contributed by atoms with van der Waals surface area (Å²) < 4.78 is 10.4. The van der Waals surface area contributed by atoms with E-state index in [0.717, 1.165) is 0 Å². The average Bonchev–Trinajstić information content (AvgIpc) is 2.38. The zero-order valence-electron chi connectivity index (χ0n) is 15.0. The molecule has 0 atom stereocenters. The molecule has 0 aromatic rings. The second kappa shape index (κ2) is 9.54. The van der Waals surface area contributed by atoms with Crippen LogP contribution in [0.2, 0.25) is 0 Å². The number of carbonyl (C=O) groups is 2. The van der Waals surface area contributed by atoms with Gasteiger partial charge in [0.1, 0.15) is 12.2 Å². The Kier molecular flexibility index (Phi) is 8.90. The Morgan fingerprint density at radius 3 is 1.00 bits per heavy atom. The number of hydrogen-bond acceptors (Lipinski definition) is 4. The van der Waals surface area contributed by atoms with Crippen molar-refractivity contribution in [3.05, 3.63) is 0 Å². The van der Waals surface area contributed by atoms with E-state index in [1.165, 1.54) is 0 Å². The van der Waals surface area contributed by atoms with E-state index in [4.69, 9.17) is 9.47 Å². The predicted octanol–water partition coefficient (Wildman–Crippen LogP) is 5.07. The van der Waals surface area contributed by atoms with E-state index in [0.29, 0.717) is 0 Å². The molecule has 0 saturated carbocycles. The van der Waals surface area contributed by atoms with Gasteiger partial charge in [0.25, 0.3) is 0 Å². The van der Waals surface area contributed by atoms with Gasteiger partial charge >= 0.3 is 12.2 Å². The van der Waals surface area contributed by atoms with E-state index in [1.807, 2.05) is 55.4 Å². The molecule has 0 radical (unpaired) electrons. The second-order valence-corrected chi connectivity index (χ2v) is 6.87. The zero-order chi connectivity index (χ0) is 17.4. The normalized spacial score (nSPS) is 12.5. The Morgan fingerprint density at radius 1 is 0.591 bits per heavy atom. The quantitative estimate of drug-likeness (QED) is 0.641. The van der Waals surface area contributed by atoms with Gasteiger partial charge in [-0.1, -0.05) is 65.6 Å². The fourth-order valence-corrected chi connectivity index (χ4v) is 2.45. The second-order valence-electron chi connectivity index (χ2n) is 6.87. The van der Waals surface area contributed by atoms with Gasteiger partial charge in [-0.2, -0.15) is 0 Å². The monoisotopic (exact) mass is 314 g/mol. The number of carbonyl (C=O) groups excluding carboxylic acids is 2. The van der Waals surface area contributed by atoms with E-state index in [-0.39, 0.29) is 35.9 Å². The third-order valence-corrected chi connectivity index (χ3v) is 3.32. The third-order valence-electron chi connectivity index (χ3n) is 3.32. The lowest BCUT2D eigenvalue weighted by Gasteiger charge is -2.24. The number of hydrogen-bond donors (Lipinski definition) is 0. The summed E-state index contributed by atoms with van der Waals surface area (Å²) in [5.74, 6) is 0.657. The van der Waals surface area contributed by atoms with Gasteiger partial charge in [0, 0.05) is 0 Å². The number of nitrogens with zero attached hydrogens (tertiary/aromatic N) is 2. The molecule has 0 saturated heterocycles. The average molecular weight is 314 g/mol. The van der Waals surface area contributed by atoms with Crippen LogP contribution in [0, 0.1) is 23.7 Å². The first kappa shape index (κ1) is 20.5. The van der Waals surface area contributed by atoms with E-state index in [9.17, 15) is 9.59 Å². The predicted molar refractivity (Wildman–Crippen MR) is 84.7 cm³/mol. The highest BCUT2D eigenvalue weighted by molar-refractivity contribution is 5.73. The lowest BCUT2D eigenvalue weighted by Crippen LogP contribution is -2.28. The highest BCUT2D eigenvalue weighted by Crippen LogP contribution is 2.18. The Balaban J connectivity index is 4.57. The largest absolute Gasteiger partial charge is 0.452 e. The molecule has 0 aromatic carbocycles. The maximum Gasteiger partial charge on any atom is 0.452 e. The molecule has 22 heavy (non-hydrogen) atoms. The lowest BCUT2D eigenvalue weighted by molar-refractivity contribution is 0.0421. The fourth-order valence-electron chi connectivity index (χ4n) is 2.45. The molecule has 0 fully saturated rings. The minimum atomic E-state index is -0.866. The first-order valence-electron chi connectivity index (χ1n) is 7.89. The molecule has 0 aliphatic rings. The van der Waals surface area contributed by atoms with Gasteiger partial charge in [0.2, 0.25) is 0 Å². The summed E-state index contributed by atoms with van der Waals surface area (Å²) in [6, 6.07) is 0. The molecule has 0 bridgehead atoms. The van der Waals surface area contributed by atoms with Gasteiger partial charge in [0.05, 0.1) is 0 Å². The summed E-state index contributed by atoms with van der Waals surface area (Å²) in [5.41, 5.74) is 0. The van der Waals surface area contributed by atoms with Crippen molar-refractivity contribution in [3.8, 4) is 0 Å². The van der Waals surface area contributed by atoms with Crippen LogP contribution >= 0.6 is 0 Å². The Labute approximate surface area is 133 Å². The summed E-state index contributed by atoms with van der Waals surface area (Å²) in [6.07, 6.45) is -2.26. The van der Waals surface area contributed by atoms with Crippen molar-refractivity contribution >= 4 is 12.2 Å². The zero-order valence-corrected chi connectivity index (χ0v) is 15.0. The molecule has 0 aliphatic heterocycles. The van der Waals surface area contributed by atoms with Crippen LogP contribution in [0.4, 0.5) is 9.59 Å². The van der Waals surface area contributed by atoms with E-state index >= 15 is 0 Å². The molecular formula is C16H30N2O4. The summed E-state index contributed by atoms with van der Waals surface area (Å²) in [4.78, 5) is 23.3. The molecule has 0 aliphatic carbocycles. The van der Waals surface area contributed by atoms with Crippen LogP contribution in [0.25, 0.3) is 0 Å². The van der Waals surface area contributed by atoms with Crippen LogP contribution in [0.15, 0.2) is 10.2 Å². The lowest BCUT2D eigenvalue weighted by atomic mass is 9.96. The first-order chi connectivity index (χ1) is 10.1. The SMILES string of the molecule is CC(C)C(OC(=O)/N=N/C(=O)OC(C(C)C)C(C)C)C(C)C. The van der Waals surface area contributed by atoms with Gasteiger partial charge in [-0.25, -0.2) is 9.59 Å². The number of rotatable bonds is 6. The highest BCUT2D eigenvalue weighted by atomic mass is 16.6. The molecule has 0 N–H and O–H groups in total. The van der Waals surface area contributed by atoms with Gasteiger partial charge in [-0.15, -0.1) is 0 Å². The fraction of sp³-hybridized carbons (Fsp3) is 0.875. The van der Waals surface area contributed by atoms with Crippen molar-refractivity contribution in [3.63, 3.8) is 0 Å². The Hall–Kier alpha value is -1.46. The first-order valence-corrected chi connectivity index (χ1v) is 7.89. The molecule has 6 heteroatoms. The van der Waals surface area contributed by atoms with Crippen molar-refractivity contribution in [2.24, 2.45) is 33.9 Å². The van der Waals surface area contributed by atoms with E-state index in [2.05, 4.69) is 10.2 Å². The van der Waals surface area contributed by atoms with Crippen LogP contribution < -0.4 is 0 Å². The molecule has 128 valence electrons. The molecule has 0 heterocycles. The molecule has 6 nitrogen and oxygen atoms in total. The Bertz CT molecular complexity index is 338. The van der Waals surface area contributed by atoms with Gasteiger partial charge in [-0.05, 0) is 23.7 Å². The van der Waals surface area contributed by atoms with Crippen molar-refractivity contribution in [1.82, 2.24) is 0 Å². The van der Waals surface area contributed by atoms with Gasteiger partial charge in [0.15, 0.2) is 0 Å². The van der Waals surface area contributed by atoms with Crippen molar-refractivity contribution in [2.45, 2.75) is 67.6 Å². The molecule has 0 unspecified atom stereocenters. The number of ether oxygens (including phenoxy) is 2.